The Morgan fingerprint density at radius 2 is 0.784 bits per heavy atom. The number of carbonyl (C=O) groups excluding carboxylic acids is 1. The molecule has 21 heteroatoms. The molecular weight excluding hydrogens is 624 g/mol. The molecule has 6 nitrogen and oxygen atoms in total. The Labute approximate surface area is 215 Å². The van der Waals surface area contributed by atoms with Gasteiger partial charge in [-0.15, -0.1) is 0 Å². The zero-order valence-corrected chi connectivity index (χ0v) is 22.0. The van der Waals surface area contributed by atoms with Gasteiger partial charge in [0.25, 0.3) is 0 Å². The molecule has 0 amide bonds. The van der Waals surface area contributed by atoms with Crippen LogP contribution < -0.4 is 21.3 Å². The van der Waals surface area contributed by atoms with E-state index in [9.17, 15) is 55.2 Å². The van der Waals surface area contributed by atoms with Crippen molar-refractivity contribution in [3.05, 3.63) is 24.3 Å². The van der Waals surface area contributed by atoms with Crippen molar-refractivity contribution >= 4 is 27.1 Å². The maximum atomic E-state index is 10.4. The molecule has 0 aromatic rings. The number of allylic oxidation sites excluding steroid dienone is 4. The third kappa shape index (κ3) is 66.3. The molecular formula is C16H29F12FeN5OP2+4. The second-order valence-corrected chi connectivity index (χ2v) is 11.0. The molecule has 37 heavy (non-hydrogen) atoms. The van der Waals surface area contributed by atoms with Crippen LogP contribution in [0.3, 0.4) is 0 Å². The summed E-state index contributed by atoms with van der Waals surface area (Å²) in [5.41, 5.74) is 0.0625. The summed E-state index contributed by atoms with van der Waals surface area (Å²) in [6.45, 7) is 8.87. The molecule has 0 bridgehead atoms. The summed E-state index contributed by atoms with van der Waals surface area (Å²) in [6, 6.07) is 0. The Hall–Kier alpha value is -0.801. The van der Waals surface area contributed by atoms with Crippen LogP contribution in [0.2, 0.25) is 0 Å². The molecule has 222 valence electrons. The Morgan fingerprint density at radius 3 is 0.973 bits per heavy atom. The molecule has 1 aliphatic heterocycles. The first-order chi connectivity index (χ1) is 15.7. The van der Waals surface area contributed by atoms with E-state index in [4.69, 9.17) is 5.41 Å². The van der Waals surface area contributed by atoms with Gasteiger partial charge in [-0.25, -0.2) is 0 Å². The number of nitrogens with one attached hydrogen (secondary N) is 5. The predicted molar refractivity (Wildman–Crippen MR) is 119 cm³/mol. The van der Waals surface area contributed by atoms with Crippen LogP contribution in [0.15, 0.2) is 24.3 Å². The summed E-state index contributed by atoms with van der Waals surface area (Å²) < 4.78 is 118. The molecule has 0 radical (unpaired) electrons. The zero-order valence-electron chi connectivity index (χ0n) is 19.1. The third-order valence-corrected chi connectivity index (χ3v) is 3.26. The van der Waals surface area contributed by atoms with Gasteiger partial charge in [-0.2, -0.15) is 0 Å². The van der Waals surface area contributed by atoms with E-state index >= 15 is 0 Å². The van der Waals surface area contributed by atoms with Crippen molar-refractivity contribution in [1.82, 2.24) is 21.3 Å². The SMILES string of the molecule is C1CNCCNCCCNCCNC1.F[P-](F)(F)(F)(F)F.F[P-](F)(F)(F)(F)F.N=C1C=CC=CC1=O.[Fe+6]. The van der Waals surface area contributed by atoms with Gasteiger partial charge in [0, 0.05) is 26.2 Å². The molecule has 0 aromatic carbocycles. The van der Waals surface area contributed by atoms with E-state index in [2.05, 4.69) is 21.3 Å². The van der Waals surface area contributed by atoms with Crippen LogP contribution in [0.4, 0.5) is 50.4 Å². The van der Waals surface area contributed by atoms with Crippen molar-refractivity contribution in [3.63, 3.8) is 0 Å². The van der Waals surface area contributed by atoms with Gasteiger partial charge < -0.3 is 21.3 Å². The van der Waals surface area contributed by atoms with Gasteiger partial charge in [0.2, 0.25) is 5.78 Å². The van der Waals surface area contributed by atoms with Gasteiger partial charge in [-0.1, -0.05) is 12.2 Å². The minimum absolute atomic E-state index is 0. The fourth-order valence-corrected chi connectivity index (χ4v) is 2.00. The molecule has 0 aromatic heterocycles. The summed E-state index contributed by atoms with van der Waals surface area (Å²) >= 11 is 0. The Bertz CT molecular complexity index is 631. The van der Waals surface area contributed by atoms with E-state index in [1.165, 1.54) is 25.0 Å². The smallest absolute Gasteiger partial charge is 0.297 e. The van der Waals surface area contributed by atoms with E-state index in [0.29, 0.717) is 0 Å². The topological polar surface area (TPSA) is 89.0 Å². The standard InChI is InChI=1S/C10H24N4.C6H5NO.2F6P.Fe/c1-3-11-7-9-13-5-2-6-14-10-8-12-4-1;7-5-3-1-2-4-6(5)8;2*1-7(2,3,4,5)6;/h11-14H,1-10H2;1-4,7H;;;/q;;2*-1;+6. The molecule has 1 saturated heterocycles. The number of ketones is 1. The van der Waals surface area contributed by atoms with Crippen molar-refractivity contribution in [1.29, 1.82) is 5.41 Å². The molecule has 2 rings (SSSR count). The van der Waals surface area contributed by atoms with Gasteiger partial charge in [-0.05, 0) is 51.2 Å². The van der Waals surface area contributed by atoms with Crippen molar-refractivity contribution in [2.24, 2.45) is 0 Å². The van der Waals surface area contributed by atoms with Crippen molar-refractivity contribution < 1.29 is 72.2 Å². The average Bonchev–Trinajstić information content (AvgIpc) is 2.62. The van der Waals surface area contributed by atoms with E-state index in [0.717, 1.165) is 52.4 Å². The van der Waals surface area contributed by atoms with Gasteiger partial charge in [-0.3, -0.25) is 10.2 Å². The van der Waals surface area contributed by atoms with Gasteiger partial charge >= 0.3 is 83.0 Å². The molecule has 1 heterocycles. The van der Waals surface area contributed by atoms with Crippen LogP contribution in [0.5, 0.6) is 0 Å². The Balaban J connectivity index is -0.000000437. The summed E-state index contributed by atoms with van der Waals surface area (Å²) in [7, 11) is -21.3. The maximum absolute atomic E-state index is 10.7. The third-order valence-electron chi connectivity index (χ3n) is 3.26. The maximum Gasteiger partial charge on any atom is 6.00 e. The van der Waals surface area contributed by atoms with Crippen molar-refractivity contribution in [3.8, 4) is 0 Å². The largest absolute Gasteiger partial charge is 6.00 e. The Kier molecular flexibility index (Phi) is 16.0. The molecule has 5 N–H and O–H groups in total. The molecule has 0 atom stereocenters. The minimum atomic E-state index is -10.7. The van der Waals surface area contributed by atoms with E-state index in [1.54, 1.807) is 12.2 Å². The predicted octanol–water partition coefficient (Wildman–Crippen LogP) is 6.60. The number of halogens is 12. The number of hydrogen-bond donors (Lipinski definition) is 5. The second kappa shape index (κ2) is 14.5. The minimum Gasteiger partial charge on any atom is -0.297 e. The summed E-state index contributed by atoms with van der Waals surface area (Å²) in [5.74, 6) is -0.215. The fourth-order valence-electron chi connectivity index (χ4n) is 2.00. The molecule has 1 aliphatic carbocycles. The Morgan fingerprint density at radius 1 is 0.541 bits per heavy atom. The van der Waals surface area contributed by atoms with Gasteiger partial charge in [0.1, 0.15) is 5.71 Å². The number of rotatable bonds is 0. The van der Waals surface area contributed by atoms with Crippen LogP contribution in [0.1, 0.15) is 12.8 Å². The molecule has 0 saturated carbocycles. The van der Waals surface area contributed by atoms with Crippen LogP contribution in [-0.2, 0) is 21.9 Å². The summed E-state index contributed by atoms with van der Waals surface area (Å²) in [4.78, 5) is 10.4. The molecule has 0 spiro atoms. The first kappa shape index (κ1) is 40.7. The molecule has 1 fully saturated rings. The van der Waals surface area contributed by atoms with E-state index in [-0.39, 0.29) is 28.6 Å². The van der Waals surface area contributed by atoms with Crippen LogP contribution in [-0.4, -0.2) is 63.9 Å². The molecule has 2 aliphatic rings. The summed E-state index contributed by atoms with van der Waals surface area (Å²) in [5, 5.41) is 20.6. The van der Waals surface area contributed by atoms with Gasteiger partial charge in [0.15, 0.2) is 0 Å². The van der Waals surface area contributed by atoms with Crippen molar-refractivity contribution in [2.45, 2.75) is 12.8 Å². The van der Waals surface area contributed by atoms with E-state index in [1.807, 2.05) is 0 Å². The fraction of sp³-hybridized carbons (Fsp3) is 0.625. The number of hydrogen-bond acceptors (Lipinski definition) is 6. The van der Waals surface area contributed by atoms with Crippen LogP contribution >= 0.6 is 15.6 Å². The summed E-state index contributed by atoms with van der Waals surface area (Å²) in [6.07, 6.45) is 8.59. The first-order valence-electron chi connectivity index (χ1n) is 10.1. The molecule has 0 unspecified atom stereocenters. The average molecular weight is 653 g/mol. The van der Waals surface area contributed by atoms with Crippen LogP contribution in [0, 0.1) is 5.41 Å². The zero-order chi connectivity index (χ0) is 28.7. The second-order valence-electron chi connectivity index (χ2n) is 7.12. The monoisotopic (exact) mass is 653 g/mol. The van der Waals surface area contributed by atoms with E-state index < -0.39 is 15.6 Å². The normalized spacial score (nSPS) is 21.6. The first-order valence-corrected chi connectivity index (χ1v) is 14.2. The van der Waals surface area contributed by atoms with Gasteiger partial charge in [0.05, 0.1) is 0 Å². The van der Waals surface area contributed by atoms with Crippen molar-refractivity contribution in [2.75, 3.05) is 52.4 Å². The van der Waals surface area contributed by atoms with Crippen LogP contribution in [0.25, 0.3) is 0 Å². The quantitative estimate of drug-likeness (QED) is 0.0881. The number of carbonyl (C=O) groups is 1.